The highest BCUT2D eigenvalue weighted by atomic mass is 16.5. The van der Waals surface area contributed by atoms with E-state index in [0.29, 0.717) is 11.4 Å². The quantitative estimate of drug-likeness (QED) is 0.839. The van der Waals surface area contributed by atoms with Crippen LogP contribution in [0, 0.1) is 0 Å². The van der Waals surface area contributed by atoms with Gasteiger partial charge in [0.1, 0.15) is 5.75 Å². The number of hydrogen-bond donors (Lipinski definition) is 2. The Morgan fingerprint density at radius 1 is 1.42 bits per heavy atom. The van der Waals surface area contributed by atoms with Crippen LogP contribution in [-0.2, 0) is 13.0 Å². The average molecular weight is 261 g/mol. The number of H-pyrrole nitrogens is 1. The molecule has 0 fully saturated rings. The predicted octanol–water partition coefficient (Wildman–Crippen LogP) is 0.527. The van der Waals surface area contributed by atoms with Crippen LogP contribution in [0.3, 0.4) is 0 Å². The van der Waals surface area contributed by atoms with Crippen LogP contribution in [0.2, 0.25) is 0 Å². The average Bonchev–Trinajstić information content (AvgIpc) is 2.80. The highest BCUT2D eigenvalue weighted by Crippen LogP contribution is 2.13. The summed E-state index contributed by atoms with van der Waals surface area (Å²) in [7, 11) is 1.57. The predicted molar refractivity (Wildman–Crippen MR) is 70.3 cm³/mol. The second-order valence-corrected chi connectivity index (χ2v) is 4.07. The largest absolute Gasteiger partial charge is 0.497 e. The Bertz CT molecular complexity index is 643. The zero-order valence-electron chi connectivity index (χ0n) is 10.6. The molecule has 0 saturated heterocycles. The van der Waals surface area contributed by atoms with Crippen molar-refractivity contribution in [3.8, 4) is 5.75 Å². The minimum atomic E-state index is -0.334. The molecule has 1 heterocycles. The Morgan fingerprint density at radius 3 is 2.89 bits per heavy atom. The Labute approximate surface area is 109 Å². The summed E-state index contributed by atoms with van der Waals surface area (Å²) in [4.78, 5) is 23.3. The molecular weight excluding hydrogens is 246 g/mol. The number of aromatic amines is 1. The van der Waals surface area contributed by atoms with Crippen LogP contribution in [-0.4, -0.2) is 22.8 Å². The van der Waals surface area contributed by atoms with Gasteiger partial charge in [0.2, 0.25) is 5.91 Å². The van der Waals surface area contributed by atoms with Gasteiger partial charge >= 0.3 is 0 Å². The lowest BCUT2D eigenvalue weighted by atomic mass is 10.1. The van der Waals surface area contributed by atoms with Gasteiger partial charge in [-0.25, -0.2) is 4.68 Å². The molecule has 19 heavy (non-hydrogen) atoms. The van der Waals surface area contributed by atoms with Crippen LogP contribution >= 0.6 is 0 Å². The Balaban J connectivity index is 2.22. The van der Waals surface area contributed by atoms with Gasteiger partial charge in [0.15, 0.2) is 0 Å². The zero-order chi connectivity index (χ0) is 13.8. The fraction of sp³-hybridized carbons (Fsp3) is 0.231. The van der Waals surface area contributed by atoms with E-state index in [2.05, 4.69) is 5.10 Å². The van der Waals surface area contributed by atoms with Crippen molar-refractivity contribution in [1.29, 1.82) is 0 Å². The zero-order valence-corrected chi connectivity index (χ0v) is 10.6. The number of ether oxygens (including phenoxy) is 1. The molecule has 0 aliphatic rings. The number of rotatable bonds is 4. The first-order valence-electron chi connectivity index (χ1n) is 5.81. The second kappa shape index (κ2) is 5.53. The molecule has 3 N–H and O–H groups in total. The summed E-state index contributed by atoms with van der Waals surface area (Å²) in [6.45, 7) is 0.128. The van der Waals surface area contributed by atoms with Gasteiger partial charge in [-0.2, -0.15) is 0 Å². The molecule has 6 nitrogen and oxygen atoms in total. The number of carbonyl (C=O) groups excluding carboxylic acids is 1. The maximum absolute atomic E-state index is 12.1. The molecule has 0 aliphatic carbocycles. The van der Waals surface area contributed by atoms with Crippen molar-refractivity contribution in [1.82, 2.24) is 9.78 Å². The number of hydrogen-bond acceptors (Lipinski definition) is 4. The molecule has 0 radical (unpaired) electrons. The van der Waals surface area contributed by atoms with Gasteiger partial charge in [-0.3, -0.25) is 14.7 Å². The van der Waals surface area contributed by atoms with E-state index in [1.54, 1.807) is 19.2 Å². The van der Waals surface area contributed by atoms with Crippen molar-refractivity contribution >= 4 is 5.91 Å². The summed E-state index contributed by atoms with van der Waals surface area (Å²) in [6, 6.07) is 8.54. The van der Waals surface area contributed by atoms with Crippen LogP contribution in [0.4, 0.5) is 0 Å². The molecule has 0 unspecified atom stereocenters. The van der Waals surface area contributed by atoms with Gasteiger partial charge in [0.25, 0.3) is 5.56 Å². The SMILES string of the molecule is COc1cccc(CC(=O)n2[nH]c(=O)cc2CN)c1. The third-order valence-corrected chi connectivity index (χ3v) is 2.75. The van der Waals surface area contributed by atoms with Crippen molar-refractivity contribution in [2.75, 3.05) is 7.11 Å². The molecule has 0 aliphatic heterocycles. The monoisotopic (exact) mass is 261 g/mol. The molecule has 2 aromatic rings. The van der Waals surface area contributed by atoms with Gasteiger partial charge in [-0.1, -0.05) is 12.1 Å². The van der Waals surface area contributed by atoms with E-state index in [1.165, 1.54) is 10.7 Å². The van der Waals surface area contributed by atoms with Gasteiger partial charge in [-0.05, 0) is 17.7 Å². The standard InChI is InChI=1S/C13H15N3O3/c1-19-11-4-2-3-9(5-11)6-13(18)16-10(8-14)7-12(17)15-16/h2-5,7H,6,8,14H2,1H3,(H,15,17). The van der Waals surface area contributed by atoms with E-state index in [9.17, 15) is 9.59 Å². The van der Waals surface area contributed by atoms with Crippen LogP contribution in [0.25, 0.3) is 0 Å². The third-order valence-electron chi connectivity index (χ3n) is 2.75. The van der Waals surface area contributed by atoms with E-state index < -0.39 is 0 Å². The van der Waals surface area contributed by atoms with E-state index >= 15 is 0 Å². The normalized spacial score (nSPS) is 10.4. The van der Waals surface area contributed by atoms with Gasteiger partial charge in [-0.15, -0.1) is 0 Å². The van der Waals surface area contributed by atoms with E-state index in [4.69, 9.17) is 10.5 Å². The lowest BCUT2D eigenvalue weighted by Crippen LogP contribution is -2.20. The molecule has 0 spiro atoms. The number of nitrogens with zero attached hydrogens (tertiary/aromatic N) is 1. The Kier molecular flexibility index (Phi) is 3.82. The minimum absolute atomic E-state index is 0.128. The number of carbonyl (C=O) groups is 1. The molecule has 6 heteroatoms. The van der Waals surface area contributed by atoms with Crippen LogP contribution < -0.4 is 16.0 Å². The van der Waals surface area contributed by atoms with Crippen LogP contribution in [0.15, 0.2) is 35.1 Å². The molecule has 2 rings (SSSR count). The third kappa shape index (κ3) is 2.92. The highest BCUT2D eigenvalue weighted by Gasteiger charge is 2.12. The smallest absolute Gasteiger partial charge is 0.264 e. The molecule has 0 saturated carbocycles. The summed E-state index contributed by atoms with van der Waals surface area (Å²) in [5, 5.41) is 2.44. The number of nitrogens with two attached hydrogens (primary N) is 1. The van der Waals surface area contributed by atoms with Crippen molar-refractivity contribution in [2.24, 2.45) is 5.73 Å². The number of methoxy groups -OCH3 is 1. The Morgan fingerprint density at radius 2 is 2.21 bits per heavy atom. The summed E-state index contributed by atoms with van der Waals surface area (Å²) in [6.07, 6.45) is 0.162. The van der Waals surface area contributed by atoms with Crippen molar-refractivity contribution in [3.05, 3.63) is 51.9 Å². The van der Waals surface area contributed by atoms with Crippen molar-refractivity contribution in [2.45, 2.75) is 13.0 Å². The van der Waals surface area contributed by atoms with Crippen molar-refractivity contribution < 1.29 is 9.53 Å². The molecule has 0 amide bonds. The first-order valence-corrected chi connectivity index (χ1v) is 5.81. The van der Waals surface area contributed by atoms with Gasteiger partial charge in [0, 0.05) is 12.6 Å². The van der Waals surface area contributed by atoms with Gasteiger partial charge < -0.3 is 10.5 Å². The molecule has 100 valence electrons. The summed E-state index contributed by atoms with van der Waals surface area (Å²) in [5.74, 6) is 0.446. The summed E-state index contributed by atoms with van der Waals surface area (Å²) >= 11 is 0. The minimum Gasteiger partial charge on any atom is -0.497 e. The Hall–Kier alpha value is -2.34. The lowest BCUT2D eigenvalue weighted by molar-refractivity contribution is 0.0894. The molecule has 1 aromatic carbocycles. The molecule has 0 bridgehead atoms. The van der Waals surface area contributed by atoms with E-state index in [1.807, 2.05) is 12.1 Å². The second-order valence-electron chi connectivity index (χ2n) is 4.07. The first-order chi connectivity index (χ1) is 9.13. The number of nitrogens with one attached hydrogen (secondary N) is 1. The summed E-state index contributed by atoms with van der Waals surface area (Å²) in [5.41, 5.74) is 6.43. The molecule has 1 aromatic heterocycles. The maximum atomic E-state index is 12.1. The van der Waals surface area contributed by atoms with Gasteiger partial charge in [0.05, 0.1) is 19.2 Å². The fourth-order valence-corrected chi connectivity index (χ4v) is 1.84. The maximum Gasteiger partial charge on any atom is 0.264 e. The molecular formula is C13H15N3O3. The van der Waals surface area contributed by atoms with Crippen LogP contribution in [0.1, 0.15) is 16.1 Å². The number of benzene rings is 1. The molecule has 0 atom stereocenters. The van der Waals surface area contributed by atoms with E-state index in [-0.39, 0.29) is 24.4 Å². The fourth-order valence-electron chi connectivity index (χ4n) is 1.84. The summed E-state index contributed by atoms with van der Waals surface area (Å²) < 4.78 is 6.29. The van der Waals surface area contributed by atoms with E-state index in [0.717, 1.165) is 5.56 Å². The van der Waals surface area contributed by atoms with Crippen molar-refractivity contribution in [3.63, 3.8) is 0 Å². The van der Waals surface area contributed by atoms with Crippen LogP contribution in [0.5, 0.6) is 5.75 Å². The highest BCUT2D eigenvalue weighted by molar-refractivity contribution is 5.81. The number of aromatic nitrogens is 2. The lowest BCUT2D eigenvalue weighted by Gasteiger charge is -2.06. The first kappa shape index (κ1) is 13.1. The topological polar surface area (TPSA) is 90.1 Å².